The van der Waals surface area contributed by atoms with E-state index >= 15 is 0 Å². The predicted octanol–water partition coefficient (Wildman–Crippen LogP) is 1.56. The Balaban J connectivity index is 1.55. The normalized spacial score (nSPS) is 23.3. The molecule has 2 atom stereocenters. The Kier molecular flexibility index (Phi) is 4.17. The second kappa shape index (κ2) is 6.26. The van der Waals surface area contributed by atoms with Crippen LogP contribution in [0.25, 0.3) is 0 Å². The number of ether oxygens (including phenoxy) is 2. The van der Waals surface area contributed by atoms with E-state index in [4.69, 9.17) is 14.0 Å². The molecule has 1 aromatic carbocycles. The number of fused-ring (bicyclic) bond motifs is 1. The molecule has 1 N–H and O–H groups in total. The number of aryl methyl sites for hydroxylation is 2. The number of hydrogen-bond donors (Lipinski definition) is 1. The fourth-order valence-corrected chi connectivity index (χ4v) is 5.39. The summed E-state index contributed by atoms with van der Waals surface area (Å²) in [5, 5.41) is 14.3. The predicted molar refractivity (Wildman–Crippen MR) is 90.7 cm³/mol. The number of piperidine rings is 1. The van der Waals surface area contributed by atoms with E-state index in [9.17, 15) is 13.5 Å². The van der Waals surface area contributed by atoms with Gasteiger partial charge in [0.25, 0.3) is 0 Å². The van der Waals surface area contributed by atoms with Crippen LogP contribution in [0, 0.1) is 13.8 Å². The fourth-order valence-electron chi connectivity index (χ4n) is 3.63. The van der Waals surface area contributed by atoms with Gasteiger partial charge in [0.05, 0.1) is 6.10 Å². The van der Waals surface area contributed by atoms with Gasteiger partial charge in [0.15, 0.2) is 17.3 Å². The molecule has 0 unspecified atom stereocenters. The summed E-state index contributed by atoms with van der Waals surface area (Å²) in [7, 11) is -3.76. The van der Waals surface area contributed by atoms with Crippen LogP contribution < -0.4 is 9.47 Å². The lowest BCUT2D eigenvalue weighted by Crippen LogP contribution is -2.45. The monoisotopic (exact) mass is 380 g/mol. The minimum absolute atomic E-state index is 0.0193. The Morgan fingerprint density at radius 1 is 1.23 bits per heavy atom. The van der Waals surface area contributed by atoms with Crippen LogP contribution in [0.4, 0.5) is 0 Å². The topological polar surface area (TPSA) is 102 Å². The number of rotatable bonds is 3. The molecule has 1 aromatic heterocycles. The third-order valence-electron chi connectivity index (χ3n) is 4.94. The fraction of sp³-hybridized carbons (Fsp3) is 0.471. The molecule has 2 aliphatic heterocycles. The van der Waals surface area contributed by atoms with E-state index in [1.54, 1.807) is 13.8 Å². The first-order valence-corrected chi connectivity index (χ1v) is 9.82. The molecule has 9 heteroatoms. The Labute approximate surface area is 151 Å². The number of nitrogens with zero attached hydrogens (tertiary/aromatic N) is 2. The summed E-state index contributed by atoms with van der Waals surface area (Å²) in [6.45, 7) is 3.69. The number of aliphatic hydroxyl groups excluding tert-OH is 1. The Morgan fingerprint density at radius 2 is 2.00 bits per heavy atom. The van der Waals surface area contributed by atoms with Gasteiger partial charge in [0.2, 0.25) is 16.8 Å². The maximum Gasteiger partial charge on any atom is 0.248 e. The highest BCUT2D eigenvalue weighted by molar-refractivity contribution is 7.89. The smallest absolute Gasteiger partial charge is 0.248 e. The molecule has 0 amide bonds. The van der Waals surface area contributed by atoms with Gasteiger partial charge in [-0.3, -0.25) is 0 Å². The van der Waals surface area contributed by atoms with Crippen LogP contribution in [0.5, 0.6) is 11.5 Å². The summed E-state index contributed by atoms with van der Waals surface area (Å²) in [6, 6.07) is 5.56. The highest BCUT2D eigenvalue weighted by Crippen LogP contribution is 2.38. The van der Waals surface area contributed by atoms with Gasteiger partial charge >= 0.3 is 0 Å². The summed E-state index contributed by atoms with van der Waals surface area (Å²) in [5.74, 6) is 1.43. The van der Waals surface area contributed by atoms with Crippen LogP contribution in [0.15, 0.2) is 27.6 Å². The van der Waals surface area contributed by atoms with Gasteiger partial charge < -0.3 is 19.1 Å². The van der Waals surface area contributed by atoms with Crippen molar-refractivity contribution in [2.45, 2.75) is 37.2 Å². The van der Waals surface area contributed by atoms with Crippen LogP contribution in [-0.4, -0.2) is 49.0 Å². The quantitative estimate of drug-likeness (QED) is 0.862. The van der Waals surface area contributed by atoms with Crippen molar-refractivity contribution < 1.29 is 27.5 Å². The zero-order chi connectivity index (χ0) is 18.5. The minimum Gasteiger partial charge on any atom is -0.454 e. The van der Waals surface area contributed by atoms with Crippen molar-refractivity contribution in [3.05, 3.63) is 35.2 Å². The Morgan fingerprint density at radius 3 is 2.69 bits per heavy atom. The molecule has 1 saturated heterocycles. The zero-order valence-electron chi connectivity index (χ0n) is 14.5. The molecule has 1 fully saturated rings. The van der Waals surface area contributed by atoms with Gasteiger partial charge in [-0.25, -0.2) is 8.42 Å². The first-order chi connectivity index (χ1) is 12.4. The van der Waals surface area contributed by atoms with Crippen molar-refractivity contribution in [2.24, 2.45) is 0 Å². The average Bonchev–Trinajstić information content (AvgIpc) is 3.20. The van der Waals surface area contributed by atoms with Gasteiger partial charge in [0.1, 0.15) is 10.6 Å². The van der Waals surface area contributed by atoms with Gasteiger partial charge in [-0.2, -0.15) is 4.31 Å². The summed E-state index contributed by atoms with van der Waals surface area (Å²) in [5.41, 5.74) is 1.24. The SMILES string of the molecule is Cc1noc(C)c1S(=O)(=O)N1CC[C@@H](c2ccc3c(c2)OCO3)[C@H](O)C1. The number of benzene rings is 1. The summed E-state index contributed by atoms with van der Waals surface area (Å²) in [6.07, 6.45) is -0.317. The van der Waals surface area contributed by atoms with Gasteiger partial charge in [-0.15, -0.1) is 0 Å². The molecule has 140 valence electrons. The maximum absolute atomic E-state index is 12.9. The van der Waals surface area contributed by atoms with Crippen LogP contribution in [0.1, 0.15) is 29.4 Å². The molecule has 2 aliphatic rings. The largest absolute Gasteiger partial charge is 0.454 e. The van der Waals surface area contributed by atoms with Gasteiger partial charge in [-0.05, 0) is 38.0 Å². The molecule has 0 bridgehead atoms. The van der Waals surface area contributed by atoms with E-state index in [0.717, 1.165) is 5.56 Å². The van der Waals surface area contributed by atoms with Gasteiger partial charge in [0, 0.05) is 19.0 Å². The molecule has 26 heavy (non-hydrogen) atoms. The van der Waals surface area contributed by atoms with Crippen molar-refractivity contribution in [1.82, 2.24) is 9.46 Å². The molecular weight excluding hydrogens is 360 g/mol. The van der Waals surface area contributed by atoms with Crippen LogP contribution in [0.2, 0.25) is 0 Å². The maximum atomic E-state index is 12.9. The highest BCUT2D eigenvalue weighted by atomic mass is 32.2. The number of aromatic nitrogens is 1. The molecule has 3 heterocycles. The van der Waals surface area contributed by atoms with E-state index in [2.05, 4.69) is 5.16 Å². The average molecular weight is 380 g/mol. The number of sulfonamides is 1. The lowest BCUT2D eigenvalue weighted by atomic mass is 9.88. The van der Waals surface area contributed by atoms with Crippen LogP contribution in [-0.2, 0) is 10.0 Å². The van der Waals surface area contributed by atoms with Crippen LogP contribution in [0.3, 0.4) is 0 Å². The van der Waals surface area contributed by atoms with Gasteiger partial charge in [-0.1, -0.05) is 11.2 Å². The number of aliphatic hydroxyl groups is 1. The highest BCUT2D eigenvalue weighted by Gasteiger charge is 2.38. The lowest BCUT2D eigenvalue weighted by molar-refractivity contribution is 0.0853. The van der Waals surface area contributed by atoms with Crippen molar-refractivity contribution in [2.75, 3.05) is 19.9 Å². The first kappa shape index (κ1) is 17.3. The van der Waals surface area contributed by atoms with E-state index in [1.807, 2.05) is 18.2 Å². The first-order valence-electron chi connectivity index (χ1n) is 8.38. The molecule has 0 saturated carbocycles. The number of β-amino-alcohol motifs (C(OH)–C–C–N with tert-alkyl or cyclic N) is 1. The molecule has 0 aliphatic carbocycles. The standard InChI is InChI=1S/C17H20N2O6S/c1-10-17(11(2)25-18-10)26(21,22)19-6-5-13(14(20)8-19)12-3-4-15-16(7-12)24-9-23-15/h3-4,7,13-14,20H,5-6,8-9H2,1-2H3/t13-,14+/m0/s1. The Hall–Kier alpha value is -2.10. The third-order valence-corrected chi connectivity index (χ3v) is 7.05. The third kappa shape index (κ3) is 2.76. The lowest BCUT2D eigenvalue weighted by Gasteiger charge is -2.35. The van der Waals surface area contributed by atoms with Crippen molar-refractivity contribution in [3.63, 3.8) is 0 Å². The zero-order valence-corrected chi connectivity index (χ0v) is 15.3. The minimum atomic E-state index is -3.76. The van der Waals surface area contributed by atoms with E-state index in [0.29, 0.717) is 30.2 Å². The molecule has 2 aromatic rings. The molecule has 0 spiro atoms. The second-order valence-electron chi connectivity index (χ2n) is 6.59. The van der Waals surface area contributed by atoms with E-state index in [-0.39, 0.29) is 29.9 Å². The van der Waals surface area contributed by atoms with Crippen molar-refractivity contribution >= 4 is 10.0 Å². The Bertz CT molecular complexity index is 919. The number of hydrogen-bond acceptors (Lipinski definition) is 7. The van der Waals surface area contributed by atoms with Crippen molar-refractivity contribution in [3.8, 4) is 11.5 Å². The van der Waals surface area contributed by atoms with E-state index in [1.165, 1.54) is 4.31 Å². The summed E-state index contributed by atoms with van der Waals surface area (Å²) >= 11 is 0. The molecule has 4 rings (SSSR count). The molecule has 8 nitrogen and oxygen atoms in total. The summed E-state index contributed by atoms with van der Waals surface area (Å²) < 4.78 is 42.8. The van der Waals surface area contributed by atoms with Crippen molar-refractivity contribution in [1.29, 1.82) is 0 Å². The van der Waals surface area contributed by atoms with Crippen LogP contribution >= 0.6 is 0 Å². The molecule has 0 radical (unpaired) electrons. The van der Waals surface area contributed by atoms with E-state index < -0.39 is 16.1 Å². The summed E-state index contributed by atoms with van der Waals surface area (Å²) in [4.78, 5) is 0.0891. The second-order valence-corrected chi connectivity index (χ2v) is 8.47. The molecular formula is C17H20N2O6S.